The fourth-order valence-electron chi connectivity index (χ4n) is 2.92. The van der Waals surface area contributed by atoms with E-state index in [9.17, 15) is 0 Å². The molecule has 3 heteroatoms. The summed E-state index contributed by atoms with van der Waals surface area (Å²) in [7, 11) is 0. The molecule has 19 heavy (non-hydrogen) atoms. The Labute approximate surface area is 127 Å². The number of hydrogen-bond acceptors (Lipinski definition) is 3. The minimum Gasteiger partial charge on any atom is -0.501 e. The molecule has 1 saturated heterocycles. The molecule has 0 aromatic heterocycles. The quantitative estimate of drug-likeness (QED) is 0.489. The maximum atomic E-state index is 5.78. The molecule has 1 aliphatic heterocycles. The largest absolute Gasteiger partial charge is 0.501 e. The molecule has 1 unspecified atom stereocenters. The Morgan fingerprint density at radius 3 is 2.74 bits per heavy atom. The number of rotatable bonds is 6. The molecule has 2 rings (SSSR count). The van der Waals surface area contributed by atoms with Crippen molar-refractivity contribution in [2.24, 2.45) is 0 Å². The zero-order valence-corrected chi connectivity index (χ0v) is 13.9. The van der Waals surface area contributed by atoms with Gasteiger partial charge in [-0.2, -0.15) is 23.5 Å². The van der Waals surface area contributed by atoms with Crippen LogP contribution in [0.3, 0.4) is 0 Å². The Balaban J connectivity index is 1.62. The third-order valence-electron chi connectivity index (χ3n) is 4.29. The van der Waals surface area contributed by atoms with Crippen molar-refractivity contribution in [1.82, 2.24) is 0 Å². The molecular formula is C16H28OS2. The van der Waals surface area contributed by atoms with E-state index in [0.717, 1.165) is 6.61 Å². The smallest absolute Gasteiger partial charge is 0.0873 e. The average Bonchev–Trinajstić information content (AvgIpc) is 2.49. The lowest BCUT2D eigenvalue weighted by atomic mass is 9.96. The fraction of sp³-hybridized carbons (Fsp3) is 0.875. The van der Waals surface area contributed by atoms with Gasteiger partial charge in [-0.3, -0.25) is 0 Å². The van der Waals surface area contributed by atoms with Crippen LogP contribution in [0, 0.1) is 0 Å². The van der Waals surface area contributed by atoms with Crippen LogP contribution < -0.4 is 0 Å². The first-order valence-corrected chi connectivity index (χ1v) is 10.00. The second-order valence-corrected chi connectivity index (χ2v) is 8.42. The van der Waals surface area contributed by atoms with Crippen molar-refractivity contribution in [3.63, 3.8) is 0 Å². The lowest BCUT2D eigenvalue weighted by molar-refractivity contribution is 0.231. The summed E-state index contributed by atoms with van der Waals surface area (Å²) in [4.78, 5) is 0. The number of hydrogen-bond donors (Lipinski definition) is 0. The normalized spacial score (nSPS) is 28.2. The van der Waals surface area contributed by atoms with Crippen LogP contribution in [0.5, 0.6) is 0 Å². The van der Waals surface area contributed by atoms with E-state index in [0.29, 0.717) is 4.75 Å². The van der Waals surface area contributed by atoms with Crippen molar-refractivity contribution in [3.05, 3.63) is 11.8 Å². The van der Waals surface area contributed by atoms with Crippen molar-refractivity contribution >= 4 is 23.5 Å². The van der Waals surface area contributed by atoms with Crippen molar-refractivity contribution in [3.8, 4) is 0 Å². The van der Waals surface area contributed by atoms with Gasteiger partial charge in [0.15, 0.2) is 0 Å². The van der Waals surface area contributed by atoms with Crippen LogP contribution in [0.15, 0.2) is 11.8 Å². The first kappa shape index (κ1) is 15.6. The van der Waals surface area contributed by atoms with E-state index in [1.54, 1.807) is 5.57 Å². The predicted octanol–water partition coefficient (Wildman–Crippen LogP) is 5.26. The molecule has 2 fully saturated rings. The van der Waals surface area contributed by atoms with Gasteiger partial charge in [0.2, 0.25) is 0 Å². The van der Waals surface area contributed by atoms with Crippen LogP contribution in [0.4, 0.5) is 0 Å². The van der Waals surface area contributed by atoms with E-state index < -0.39 is 0 Å². The zero-order valence-electron chi connectivity index (χ0n) is 12.3. The molecule has 0 aromatic rings. The van der Waals surface area contributed by atoms with Crippen molar-refractivity contribution in [2.45, 2.75) is 63.0 Å². The monoisotopic (exact) mass is 300 g/mol. The molecule has 0 bridgehead atoms. The molecule has 0 aromatic carbocycles. The van der Waals surface area contributed by atoms with Crippen LogP contribution in [0.25, 0.3) is 0 Å². The van der Waals surface area contributed by atoms with Crippen molar-refractivity contribution in [2.75, 3.05) is 23.9 Å². The van der Waals surface area contributed by atoms with Crippen LogP contribution in [-0.2, 0) is 4.74 Å². The summed E-state index contributed by atoms with van der Waals surface area (Å²) in [6.07, 6.45) is 12.6. The lowest BCUT2D eigenvalue weighted by Gasteiger charge is -2.35. The highest BCUT2D eigenvalue weighted by Gasteiger charge is 2.30. The summed E-state index contributed by atoms with van der Waals surface area (Å²) in [5, 5.41) is 0. The number of ether oxygens (including phenoxy) is 1. The van der Waals surface area contributed by atoms with Gasteiger partial charge in [0.05, 0.1) is 12.9 Å². The average molecular weight is 301 g/mol. The summed E-state index contributed by atoms with van der Waals surface area (Å²) in [6, 6.07) is 0. The van der Waals surface area contributed by atoms with Gasteiger partial charge in [0.1, 0.15) is 0 Å². The molecule has 0 radical (unpaired) electrons. The Morgan fingerprint density at radius 2 is 2.05 bits per heavy atom. The van der Waals surface area contributed by atoms with Gasteiger partial charge in [0.25, 0.3) is 0 Å². The molecular weight excluding hydrogens is 272 g/mol. The van der Waals surface area contributed by atoms with Crippen molar-refractivity contribution in [1.29, 1.82) is 0 Å². The highest BCUT2D eigenvalue weighted by atomic mass is 32.2. The highest BCUT2D eigenvalue weighted by Crippen LogP contribution is 2.40. The summed E-state index contributed by atoms with van der Waals surface area (Å²) in [5.74, 6) is 4.02. The molecule has 110 valence electrons. The topological polar surface area (TPSA) is 9.23 Å². The summed E-state index contributed by atoms with van der Waals surface area (Å²) < 4.78 is 6.32. The van der Waals surface area contributed by atoms with Gasteiger partial charge in [-0.1, -0.05) is 13.3 Å². The predicted molar refractivity (Wildman–Crippen MR) is 89.2 cm³/mol. The lowest BCUT2D eigenvalue weighted by Crippen LogP contribution is -2.31. The fourth-order valence-corrected chi connectivity index (χ4v) is 6.10. The molecule has 1 atom stereocenters. The first-order valence-electron chi connectivity index (χ1n) is 7.86. The van der Waals surface area contributed by atoms with Crippen molar-refractivity contribution < 1.29 is 4.74 Å². The second kappa shape index (κ2) is 8.51. The number of allylic oxidation sites excluding steroid dienone is 1. The summed E-state index contributed by atoms with van der Waals surface area (Å²) in [6.45, 7) is 3.26. The Morgan fingerprint density at radius 1 is 1.21 bits per heavy atom. The third kappa shape index (κ3) is 5.26. The molecule has 2 aliphatic rings. The molecule has 1 aliphatic carbocycles. The van der Waals surface area contributed by atoms with E-state index >= 15 is 0 Å². The van der Waals surface area contributed by atoms with Gasteiger partial charge >= 0.3 is 0 Å². The van der Waals surface area contributed by atoms with Crippen LogP contribution in [-0.4, -0.2) is 28.6 Å². The van der Waals surface area contributed by atoms with E-state index in [1.165, 1.54) is 68.6 Å². The van der Waals surface area contributed by atoms with E-state index in [4.69, 9.17) is 4.74 Å². The highest BCUT2D eigenvalue weighted by molar-refractivity contribution is 8.07. The summed E-state index contributed by atoms with van der Waals surface area (Å²) >= 11 is 4.34. The third-order valence-corrected chi connectivity index (χ3v) is 7.63. The Kier molecular flexibility index (Phi) is 7.00. The minimum atomic E-state index is 0.546. The van der Waals surface area contributed by atoms with Crippen LogP contribution in [0.1, 0.15) is 58.3 Å². The second-order valence-electron chi connectivity index (χ2n) is 5.75. The van der Waals surface area contributed by atoms with Crippen LogP contribution >= 0.6 is 23.5 Å². The van der Waals surface area contributed by atoms with Gasteiger partial charge < -0.3 is 4.74 Å². The van der Waals surface area contributed by atoms with E-state index in [-0.39, 0.29) is 0 Å². The van der Waals surface area contributed by atoms with Gasteiger partial charge in [0, 0.05) is 22.0 Å². The molecule has 1 heterocycles. The maximum Gasteiger partial charge on any atom is 0.0873 e. The molecule has 0 spiro atoms. The Hall–Kier alpha value is 0.240. The molecule has 0 N–H and O–H groups in total. The standard InChI is InChI=1S/C16H28OS2/c1-2-16(14-18-11-12-19-16)9-6-10-17-13-15-7-4-3-5-8-15/h13H,2-12,14H2,1H3. The van der Waals surface area contributed by atoms with Crippen LogP contribution in [0.2, 0.25) is 0 Å². The molecule has 0 amide bonds. The van der Waals surface area contributed by atoms with Gasteiger partial charge in [-0.25, -0.2) is 0 Å². The first-order chi connectivity index (χ1) is 9.35. The zero-order chi connectivity index (χ0) is 13.4. The van der Waals surface area contributed by atoms with E-state index in [2.05, 4.69) is 36.7 Å². The SMILES string of the molecule is CCC1(CCCOC=C2CCCCC2)CSCCS1. The summed E-state index contributed by atoms with van der Waals surface area (Å²) in [5.41, 5.74) is 1.54. The molecule has 1 nitrogen and oxygen atoms in total. The maximum absolute atomic E-state index is 5.78. The Bertz CT molecular complexity index is 274. The molecule has 1 saturated carbocycles. The minimum absolute atomic E-state index is 0.546. The van der Waals surface area contributed by atoms with Gasteiger partial charge in [-0.15, -0.1) is 0 Å². The van der Waals surface area contributed by atoms with E-state index in [1.807, 2.05) is 0 Å². The van der Waals surface area contributed by atoms with Gasteiger partial charge in [-0.05, 0) is 50.5 Å². The number of thioether (sulfide) groups is 2.